The van der Waals surface area contributed by atoms with E-state index in [0.717, 1.165) is 22.7 Å². The van der Waals surface area contributed by atoms with Gasteiger partial charge in [-0.15, -0.1) is 0 Å². The van der Waals surface area contributed by atoms with Gasteiger partial charge in [0.2, 0.25) is 0 Å². The van der Waals surface area contributed by atoms with Crippen LogP contribution in [0.3, 0.4) is 0 Å². The fourth-order valence-corrected chi connectivity index (χ4v) is 10.3. The summed E-state index contributed by atoms with van der Waals surface area (Å²) in [7, 11) is 0. The van der Waals surface area contributed by atoms with E-state index in [1.807, 2.05) is 0 Å². The minimum atomic E-state index is -0.188. The molecule has 7 aromatic carbocycles. The van der Waals surface area contributed by atoms with E-state index in [0.29, 0.717) is 0 Å². The van der Waals surface area contributed by atoms with Gasteiger partial charge in [0.25, 0.3) is 0 Å². The third-order valence-electron chi connectivity index (χ3n) is 14.7. The highest BCUT2D eigenvalue weighted by Crippen LogP contribution is 2.64. The Bertz CT molecular complexity index is 2400. The summed E-state index contributed by atoms with van der Waals surface area (Å²) in [5.74, 6) is 0. The first-order valence-corrected chi connectivity index (χ1v) is 21.0. The smallest absolute Gasteiger partial charge is 0.0467 e. The lowest BCUT2D eigenvalue weighted by atomic mass is 9.48. The van der Waals surface area contributed by atoms with Crippen LogP contribution in [0, 0.1) is 13.8 Å². The molecule has 0 fully saturated rings. The van der Waals surface area contributed by atoms with Crippen LogP contribution in [0.15, 0.2) is 158 Å². The van der Waals surface area contributed by atoms with Gasteiger partial charge in [-0.25, -0.2) is 0 Å². The van der Waals surface area contributed by atoms with Gasteiger partial charge in [-0.05, 0) is 164 Å². The highest BCUT2D eigenvalue weighted by atomic mass is 15.1. The molecule has 58 heavy (non-hydrogen) atoms. The molecule has 0 amide bonds. The van der Waals surface area contributed by atoms with Gasteiger partial charge in [0, 0.05) is 34.1 Å². The van der Waals surface area contributed by atoms with Crippen LogP contribution in [0.25, 0.3) is 22.3 Å². The van der Waals surface area contributed by atoms with Crippen LogP contribution in [0.2, 0.25) is 0 Å². The van der Waals surface area contributed by atoms with Crippen molar-refractivity contribution in [1.82, 2.24) is 0 Å². The molecule has 2 aliphatic carbocycles. The number of fused-ring (bicyclic) bond motifs is 7. The summed E-state index contributed by atoms with van der Waals surface area (Å²) in [5, 5.41) is 0. The molecule has 2 aliphatic rings. The van der Waals surface area contributed by atoms with Crippen molar-refractivity contribution < 1.29 is 0 Å². The molecule has 0 aliphatic heterocycles. The van der Waals surface area contributed by atoms with Crippen molar-refractivity contribution in [3.8, 4) is 22.3 Å². The molecule has 0 radical (unpaired) electrons. The van der Waals surface area contributed by atoms with E-state index in [1.165, 1.54) is 67.0 Å². The van der Waals surface area contributed by atoms with Gasteiger partial charge >= 0.3 is 0 Å². The SMILES string of the molecule is Cc1cc(N(c2ccccc2)c2ccccc2)cc2c1-c1ccc3c(c1C(C)(C)C2(C)C)C(C)(C)C(C)(C)c1cc(N(c2ccccc2)c2ccccc2)cc(C)c1-3. The molecule has 0 spiro atoms. The van der Waals surface area contributed by atoms with Crippen LogP contribution < -0.4 is 9.80 Å². The zero-order valence-electron chi connectivity index (χ0n) is 35.9. The number of rotatable bonds is 6. The Balaban J connectivity index is 1.28. The van der Waals surface area contributed by atoms with Crippen molar-refractivity contribution in [2.24, 2.45) is 0 Å². The predicted molar refractivity (Wildman–Crippen MR) is 248 cm³/mol. The average Bonchev–Trinajstić information content (AvgIpc) is 3.21. The molecule has 7 aromatic rings. The summed E-state index contributed by atoms with van der Waals surface area (Å²) in [5.41, 5.74) is 20.3. The van der Waals surface area contributed by atoms with E-state index in [2.05, 4.69) is 237 Å². The average molecular weight is 757 g/mol. The third-order valence-corrected chi connectivity index (χ3v) is 14.7. The normalized spacial score (nSPS) is 16.3. The number of hydrogen-bond acceptors (Lipinski definition) is 2. The van der Waals surface area contributed by atoms with Crippen LogP contribution in [0.5, 0.6) is 0 Å². The van der Waals surface area contributed by atoms with Crippen molar-refractivity contribution >= 4 is 34.1 Å². The molecular weight excluding hydrogens is 701 g/mol. The van der Waals surface area contributed by atoms with E-state index < -0.39 is 0 Å². The van der Waals surface area contributed by atoms with Crippen LogP contribution in [-0.2, 0) is 21.7 Å². The number of benzene rings is 7. The maximum absolute atomic E-state index is 2.51. The Morgan fingerprint density at radius 1 is 0.310 bits per heavy atom. The van der Waals surface area contributed by atoms with E-state index in [-0.39, 0.29) is 21.7 Å². The molecule has 2 heteroatoms. The monoisotopic (exact) mass is 756 g/mol. The van der Waals surface area contributed by atoms with E-state index in [1.54, 1.807) is 0 Å². The predicted octanol–water partition coefficient (Wildman–Crippen LogP) is 15.7. The fourth-order valence-electron chi connectivity index (χ4n) is 10.3. The maximum Gasteiger partial charge on any atom is 0.0467 e. The lowest BCUT2D eigenvalue weighted by molar-refractivity contribution is 0.266. The molecule has 2 nitrogen and oxygen atoms in total. The van der Waals surface area contributed by atoms with Gasteiger partial charge in [-0.2, -0.15) is 0 Å². The Labute approximate surface area is 346 Å². The first kappa shape index (κ1) is 37.7. The standard InChI is InChI=1S/C56H56N2/c1-37-33-43(57(39-23-15-11-16-24-39)40-25-17-12-18-26-40)35-47-49(37)45-31-32-46-50-38(2)34-44(58(41-27-19-13-20-28-41)42-29-21-14-22-30-42)36-48(50)54(5,6)56(9,10)52(46)51(45)55(7,8)53(47,3)4/h11-36H,1-10H3. The largest absolute Gasteiger partial charge is 0.310 e. The molecule has 0 aromatic heterocycles. The van der Waals surface area contributed by atoms with Crippen molar-refractivity contribution in [3.63, 3.8) is 0 Å². The van der Waals surface area contributed by atoms with Gasteiger partial charge in [0.15, 0.2) is 0 Å². The zero-order chi connectivity index (χ0) is 40.8. The number of nitrogens with zero attached hydrogens (tertiary/aromatic N) is 2. The van der Waals surface area contributed by atoms with Crippen LogP contribution >= 0.6 is 0 Å². The van der Waals surface area contributed by atoms with Crippen LogP contribution in [0.4, 0.5) is 34.1 Å². The zero-order valence-corrected chi connectivity index (χ0v) is 35.9. The molecule has 0 saturated carbocycles. The van der Waals surface area contributed by atoms with Crippen molar-refractivity contribution in [2.75, 3.05) is 9.80 Å². The highest BCUT2D eigenvalue weighted by molar-refractivity contribution is 5.92. The number of hydrogen-bond donors (Lipinski definition) is 0. The summed E-state index contributed by atoms with van der Waals surface area (Å²) < 4.78 is 0. The lowest BCUT2D eigenvalue weighted by Gasteiger charge is -2.55. The first-order valence-electron chi connectivity index (χ1n) is 21.0. The van der Waals surface area contributed by atoms with Gasteiger partial charge in [-0.1, -0.05) is 140 Å². The summed E-state index contributed by atoms with van der Waals surface area (Å²) in [4.78, 5) is 4.82. The molecule has 0 heterocycles. The molecule has 0 N–H and O–H groups in total. The molecule has 0 saturated heterocycles. The Morgan fingerprint density at radius 3 is 0.862 bits per heavy atom. The molecule has 0 unspecified atom stereocenters. The minimum Gasteiger partial charge on any atom is -0.310 e. The van der Waals surface area contributed by atoms with Gasteiger partial charge in [0.05, 0.1) is 0 Å². The molecule has 0 bridgehead atoms. The molecule has 290 valence electrons. The van der Waals surface area contributed by atoms with Gasteiger partial charge < -0.3 is 9.80 Å². The van der Waals surface area contributed by atoms with Crippen molar-refractivity contribution in [2.45, 2.75) is 90.9 Å². The lowest BCUT2D eigenvalue weighted by Crippen LogP contribution is -2.50. The van der Waals surface area contributed by atoms with Crippen LogP contribution in [0.1, 0.15) is 88.8 Å². The van der Waals surface area contributed by atoms with Crippen LogP contribution in [-0.4, -0.2) is 0 Å². The quantitative estimate of drug-likeness (QED) is 0.167. The van der Waals surface area contributed by atoms with Crippen molar-refractivity contribution in [3.05, 3.63) is 191 Å². The van der Waals surface area contributed by atoms with E-state index in [9.17, 15) is 0 Å². The molecule has 0 atom stereocenters. The molecular formula is C56H56N2. The Kier molecular flexibility index (Phi) is 8.68. The topological polar surface area (TPSA) is 6.48 Å². The summed E-state index contributed by atoms with van der Waals surface area (Å²) >= 11 is 0. The molecule has 9 rings (SSSR count). The minimum absolute atomic E-state index is 0.185. The van der Waals surface area contributed by atoms with Gasteiger partial charge in [0.1, 0.15) is 0 Å². The van der Waals surface area contributed by atoms with E-state index in [4.69, 9.17) is 0 Å². The fraction of sp³-hybridized carbons (Fsp3) is 0.250. The summed E-state index contributed by atoms with van der Waals surface area (Å²) in [6.45, 7) is 24.6. The Hall–Kier alpha value is -5.86. The highest BCUT2D eigenvalue weighted by Gasteiger charge is 2.54. The Morgan fingerprint density at radius 2 is 0.586 bits per heavy atom. The second kappa shape index (κ2) is 13.3. The summed E-state index contributed by atoms with van der Waals surface area (Å²) in [6.07, 6.45) is 0. The number of anilines is 6. The van der Waals surface area contributed by atoms with Gasteiger partial charge in [-0.3, -0.25) is 0 Å². The summed E-state index contributed by atoms with van der Waals surface area (Å²) in [6, 6.07) is 57.9. The second-order valence-corrected chi connectivity index (χ2v) is 18.8. The first-order chi connectivity index (χ1) is 27.7. The van der Waals surface area contributed by atoms with E-state index >= 15 is 0 Å². The number of para-hydroxylation sites is 4. The second-order valence-electron chi connectivity index (χ2n) is 18.8. The maximum atomic E-state index is 2.51. The number of aryl methyl sites for hydroxylation is 2. The third kappa shape index (κ3) is 5.44. The van der Waals surface area contributed by atoms with Crippen molar-refractivity contribution in [1.29, 1.82) is 0 Å².